The lowest BCUT2D eigenvalue weighted by Gasteiger charge is -2.17. The third-order valence-corrected chi connectivity index (χ3v) is 7.31. The lowest BCUT2D eigenvalue weighted by molar-refractivity contribution is -0.479. The van der Waals surface area contributed by atoms with Crippen molar-refractivity contribution in [3.8, 4) is 17.2 Å². The van der Waals surface area contributed by atoms with Crippen LogP contribution in [0, 0.1) is 24.0 Å². The SMILES string of the molecule is CCOc1cc([C@@H](C[N+](=O)[O-])Sc2nnc(C)n2-c2ccc(C)cc2)ccc1OCc1ccc(Br)cc1. The zero-order valence-corrected chi connectivity index (χ0v) is 23.2. The maximum absolute atomic E-state index is 11.6. The number of nitrogens with zero attached hydrogens (tertiary/aromatic N) is 4. The van der Waals surface area contributed by atoms with Gasteiger partial charge < -0.3 is 9.47 Å². The van der Waals surface area contributed by atoms with E-state index < -0.39 is 5.25 Å². The second-order valence-electron chi connectivity index (χ2n) is 8.38. The normalized spacial score (nSPS) is 11.8. The van der Waals surface area contributed by atoms with E-state index in [1.165, 1.54) is 11.8 Å². The zero-order chi connectivity index (χ0) is 26.4. The average molecular weight is 584 g/mol. The standard InChI is InChI=1S/C27H27BrN4O4S/c1-4-35-25-15-21(9-14-24(25)36-17-20-7-10-22(28)11-8-20)26(16-31(33)34)37-27-30-29-19(3)32(27)23-12-5-18(2)6-13-23/h5-15,26H,4,16-17H2,1-3H3/t26-/m1/s1. The number of benzene rings is 3. The van der Waals surface area contributed by atoms with Gasteiger partial charge in [-0.1, -0.05) is 63.6 Å². The van der Waals surface area contributed by atoms with E-state index >= 15 is 0 Å². The Morgan fingerprint density at radius 2 is 1.73 bits per heavy atom. The summed E-state index contributed by atoms with van der Waals surface area (Å²) in [5.41, 5.74) is 3.81. The summed E-state index contributed by atoms with van der Waals surface area (Å²) in [7, 11) is 0. The average Bonchev–Trinajstić information content (AvgIpc) is 3.24. The van der Waals surface area contributed by atoms with Gasteiger partial charge in [0, 0.05) is 15.1 Å². The van der Waals surface area contributed by atoms with Crippen LogP contribution in [-0.4, -0.2) is 32.8 Å². The number of aromatic nitrogens is 3. The van der Waals surface area contributed by atoms with Crippen molar-refractivity contribution in [3.63, 3.8) is 0 Å². The van der Waals surface area contributed by atoms with Gasteiger partial charge in [-0.2, -0.15) is 0 Å². The lowest BCUT2D eigenvalue weighted by atomic mass is 10.1. The first-order valence-corrected chi connectivity index (χ1v) is 13.4. The molecule has 0 fully saturated rings. The first-order valence-electron chi connectivity index (χ1n) is 11.8. The highest BCUT2D eigenvalue weighted by atomic mass is 79.9. The second kappa shape index (κ2) is 12.2. The van der Waals surface area contributed by atoms with Gasteiger partial charge in [0.15, 0.2) is 16.7 Å². The van der Waals surface area contributed by atoms with Crippen LogP contribution in [0.1, 0.15) is 34.7 Å². The fourth-order valence-corrected chi connectivity index (χ4v) is 5.17. The van der Waals surface area contributed by atoms with E-state index in [1.54, 1.807) is 0 Å². The summed E-state index contributed by atoms with van der Waals surface area (Å²) in [5.74, 6) is 1.83. The van der Waals surface area contributed by atoms with Crippen LogP contribution in [0.2, 0.25) is 0 Å². The van der Waals surface area contributed by atoms with Gasteiger partial charge in [-0.25, -0.2) is 0 Å². The maximum Gasteiger partial charge on any atom is 0.220 e. The van der Waals surface area contributed by atoms with Gasteiger partial charge >= 0.3 is 0 Å². The van der Waals surface area contributed by atoms with Gasteiger partial charge in [0.2, 0.25) is 6.54 Å². The van der Waals surface area contributed by atoms with Crippen LogP contribution in [0.25, 0.3) is 5.69 Å². The zero-order valence-electron chi connectivity index (χ0n) is 20.8. The molecule has 0 saturated heterocycles. The molecule has 0 unspecified atom stereocenters. The molecule has 1 atom stereocenters. The molecule has 0 radical (unpaired) electrons. The molecule has 1 aromatic heterocycles. The van der Waals surface area contributed by atoms with Crippen LogP contribution >= 0.6 is 27.7 Å². The molecule has 10 heteroatoms. The highest BCUT2D eigenvalue weighted by Crippen LogP contribution is 2.39. The monoisotopic (exact) mass is 582 g/mol. The first-order chi connectivity index (χ1) is 17.8. The predicted octanol–water partition coefficient (Wildman–Crippen LogP) is 6.73. The van der Waals surface area contributed by atoms with Crippen molar-refractivity contribution >= 4 is 27.7 Å². The molecule has 0 aliphatic rings. The molecular formula is C27H27BrN4O4S. The molecule has 4 aromatic rings. The van der Waals surface area contributed by atoms with Gasteiger partial charge in [0.05, 0.1) is 6.61 Å². The third-order valence-electron chi connectivity index (χ3n) is 5.60. The number of thioether (sulfide) groups is 1. The van der Waals surface area contributed by atoms with Gasteiger partial charge in [-0.15, -0.1) is 10.2 Å². The Hall–Kier alpha value is -3.37. The predicted molar refractivity (Wildman–Crippen MR) is 147 cm³/mol. The quantitative estimate of drug-likeness (QED) is 0.110. The fraction of sp³-hybridized carbons (Fsp3) is 0.259. The Morgan fingerprint density at radius 1 is 1.00 bits per heavy atom. The molecule has 0 aliphatic heterocycles. The number of rotatable bonds is 11. The number of hydrogen-bond acceptors (Lipinski definition) is 7. The number of nitro groups is 1. The van der Waals surface area contributed by atoms with Gasteiger partial charge in [0.25, 0.3) is 0 Å². The van der Waals surface area contributed by atoms with Crippen LogP contribution < -0.4 is 9.47 Å². The van der Waals surface area contributed by atoms with Crippen LogP contribution in [-0.2, 0) is 6.61 Å². The molecule has 0 N–H and O–H groups in total. The number of aryl methyl sites for hydroxylation is 2. The molecule has 0 aliphatic carbocycles. The summed E-state index contributed by atoms with van der Waals surface area (Å²) in [5, 5.41) is 20.3. The number of hydrogen-bond donors (Lipinski definition) is 0. The molecule has 0 spiro atoms. The largest absolute Gasteiger partial charge is 0.490 e. The molecule has 0 amide bonds. The van der Waals surface area contributed by atoms with E-state index in [0.717, 1.165) is 26.9 Å². The van der Waals surface area contributed by atoms with Crippen molar-refractivity contribution in [1.29, 1.82) is 0 Å². The van der Waals surface area contributed by atoms with Crippen molar-refractivity contribution in [1.82, 2.24) is 14.8 Å². The molecule has 37 heavy (non-hydrogen) atoms. The van der Waals surface area contributed by atoms with Crippen LogP contribution in [0.5, 0.6) is 11.5 Å². The Labute approximate surface area is 228 Å². The van der Waals surface area contributed by atoms with Crippen LogP contribution in [0.3, 0.4) is 0 Å². The Morgan fingerprint density at radius 3 is 2.41 bits per heavy atom. The Balaban J connectivity index is 1.61. The lowest BCUT2D eigenvalue weighted by Crippen LogP contribution is -2.11. The molecule has 3 aromatic carbocycles. The van der Waals surface area contributed by atoms with E-state index in [9.17, 15) is 10.1 Å². The minimum atomic E-state index is -0.512. The van der Waals surface area contributed by atoms with Crippen LogP contribution in [0.4, 0.5) is 0 Å². The molecule has 192 valence electrons. The molecule has 8 nitrogen and oxygen atoms in total. The van der Waals surface area contributed by atoms with Crippen LogP contribution in [0.15, 0.2) is 76.4 Å². The Bertz CT molecular complexity index is 1360. The van der Waals surface area contributed by atoms with Crippen molar-refractivity contribution < 1.29 is 14.4 Å². The minimum Gasteiger partial charge on any atom is -0.490 e. The highest BCUT2D eigenvalue weighted by Gasteiger charge is 2.25. The van der Waals surface area contributed by atoms with E-state index in [0.29, 0.717) is 35.7 Å². The summed E-state index contributed by atoms with van der Waals surface area (Å²) < 4.78 is 14.8. The molecule has 0 bridgehead atoms. The fourth-order valence-electron chi connectivity index (χ4n) is 3.74. The summed E-state index contributed by atoms with van der Waals surface area (Å²) in [6.45, 7) is 6.30. The molecular weight excluding hydrogens is 556 g/mol. The third kappa shape index (κ3) is 6.90. The highest BCUT2D eigenvalue weighted by molar-refractivity contribution is 9.10. The van der Waals surface area contributed by atoms with Crippen molar-refractivity contribution in [2.24, 2.45) is 0 Å². The first kappa shape index (κ1) is 26.7. The summed E-state index contributed by atoms with van der Waals surface area (Å²) in [4.78, 5) is 11.3. The van der Waals surface area contributed by atoms with E-state index in [4.69, 9.17) is 9.47 Å². The molecule has 0 saturated carbocycles. The smallest absolute Gasteiger partial charge is 0.220 e. The second-order valence-corrected chi connectivity index (χ2v) is 10.5. The summed E-state index contributed by atoms with van der Waals surface area (Å²) in [6.07, 6.45) is 0. The summed E-state index contributed by atoms with van der Waals surface area (Å²) in [6, 6.07) is 21.4. The Kier molecular flexibility index (Phi) is 8.83. The van der Waals surface area contributed by atoms with Crippen molar-refractivity contribution in [2.75, 3.05) is 13.2 Å². The number of ether oxygens (including phenoxy) is 2. The minimum absolute atomic E-state index is 0.283. The van der Waals surface area contributed by atoms with E-state index in [1.807, 2.05) is 92.1 Å². The van der Waals surface area contributed by atoms with E-state index in [-0.39, 0.29) is 11.5 Å². The molecule has 4 rings (SSSR count). The topological polar surface area (TPSA) is 92.3 Å². The van der Waals surface area contributed by atoms with Crippen molar-refractivity contribution in [2.45, 2.75) is 37.8 Å². The van der Waals surface area contributed by atoms with Gasteiger partial charge in [0.1, 0.15) is 17.7 Å². The van der Waals surface area contributed by atoms with Gasteiger partial charge in [-0.3, -0.25) is 14.7 Å². The molecule has 1 heterocycles. The maximum atomic E-state index is 11.6. The van der Waals surface area contributed by atoms with E-state index in [2.05, 4.69) is 26.1 Å². The summed E-state index contributed by atoms with van der Waals surface area (Å²) >= 11 is 4.74. The van der Waals surface area contributed by atoms with Gasteiger partial charge in [-0.05, 0) is 68.3 Å². The van der Waals surface area contributed by atoms with Crippen molar-refractivity contribution in [3.05, 3.63) is 104 Å². The number of halogens is 1.